The fraction of sp³-hybridized carbons (Fsp3) is 0.462. The predicted molar refractivity (Wildman–Crippen MR) is 73.6 cm³/mol. The number of hydrogen-bond acceptors (Lipinski definition) is 1. The van der Waals surface area contributed by atoms with Crippen molar-refractivity contribution < 1.29 is 4.79 Å². The molecule has 0 bridgehead atoms. The number of halogens is 1. The van der Waals surface area contributed by atoms with E-state index in [4.69, 9.17) is 0 Å². The van der Waals surface area contributed by atoms with Crippen LogP contribution in [0.4, 0.5) is 10.5 Å². The van der Waals surface area contributed by atoms with Crippen molar-refractivity contribution in [2.24, 2.45) is 0 Å². The van der Waals surface area contributed by atoms with Gasteiger partial charge in [-0.15, -0.1) is 0 Å². The molecular weight excluding hydrogens is 280 g/mol. The lowest BCUT2D eigenvalue weighted by Crippen LogP contribution is -2.30. The minimum atomic E-state index is 0.102. The van der Waals surface area contributed by atoms with Crippen LogP contribution < -0.4 is 4.90 Å². The summed E-state index contributed by atoms with van der Waals surface area (Å²) in [6, 6.07) is 4.28. The fourth-order valence-electron chi connectivity index (χ4n) is 2.32. The number of nitrogens with zero attached hydrogens (tertiary/aromatic N) is 2. The maximum absolute atomic E-state index is 12.1. The van der Waals surface area contributed by atoms with E-state index >= 15 is 0 Å². The number of aryl methyl sites for hydroxylation is 2. The van der Waals surface area contributed by atoms with Gasteiger partial charge in [-0.25, -0.2) is 4.79 Å². The molecule has 17 heavy (non-hydrogen) atoms. The summed E-state index contributed by atoms with van der Waals surface area (Å²) in [5, 5.41) is 0. The van der Waals surface area contributed by atoms with Crippen molar-refractivity contribution in [3.63, 3.8) is 0 Å². The first-order valence-electron chi connectivity index (χ1n) is 5.86. The summed E-state index contributed by atoms with van der Waals surface area (Å²) < 4.78 is 1.08. The number of carbonyl (C=O) groups is 1. The number of likely N-dealkylation sites (N-methyl/N-ethyl adjacent to an activating group) is 1. The molecule has 0 aliphatic carbocycles. The second-order valence-corrected chi connectivity index (χ2v) is 5.36. The van der Waals surface area contributed by atoms with Crippen LogP contribution in [-0.4, -0.2) is 31.1 Å². The highest BCUT2D eigenvalue weighted by atomic mass is 79.9. The minimum absolute atomic E-state index is 0.102. The average molecular weight is 297 g/mol. The molecule has 1 fully saturated rings. The highest BCUT2D eigenvalue weighted by molar-refractivity contribution is 9.10. The molecule has 0 spiro atoms. The van der Waals surface area contributed by atoms with E-state index in [0.717, 1.165) is 35.2 Å². The van der Waals surface area contributed by atoms with Crippen molar-refractivity contribution in [2.45, 2.75) is 20.3 Å². The molecule has 1 aromatic carbocycles. The average Bonchev–Trinajstić information content (AvgIpc) is 2.59. The first-order chi connectivity index (χ1) is 8.04. The third-order valence-corrected chi connectivity index (χ3v) is 3.67. The summed E-state index contributed by atoms with van der Waals surface area (Å²) in [6.45, 7) is 5.77. The third-order valence-electron chi connectivity index (χ3n) is 3.21. The Hall–Kier alpha value is -1.03. The Labute approximate surface area is 111 Å². The zero-order chi connectivity index (χ0) is 12.6. The van der Waals surface area contributed by atoms with Gasteiger partial charge in [0, 0.05) is 24.6 Å². The van der Waals surface area contributed by atoms with Crippen molar-refractivity contribution in [3.8, 4) is 0 Å². The minimum Gasteiger partial charge on any atom is -0.326 e. The molecule has 2 rings (SSSR count). The predicted octanol–water partition coefficient (Wildman–Crippen LogP) is 3.19. The van der Waals surface area contributed by atoms with Crippen LogP contribution in [0.2, 0.25) is 0 Å². The van der Waals surface area contributed by atoms with Gasteiger partial charge in [-0.3, -0.25) is 4.90 Å². The Morgan fingerprint density at radius 1 is 1.35 bits per heavy atom. The molecule has 1 aromatic rings. The molecule has 0 radical (unpaired) electrons. The molecule has 92 valence electrons. The molecule has 0 unspecified atom stereocenters. The van der Waals surface area contributed by atoms with Gasteiger partial charge in [0.15, 0.2) is 0 Å². The van der Waals surface area contributed by atoms with Crippen molar-refractivity contribution in [1.82, 2.24) is 4.90 Å². The molecule has 1 aliphatic rings. The van der Waals surface area contributed by atoms with Gasteiger partial charge in [0.1, 0.15) is 0 Å². The van der Waals surface area contributed by atoms with Crippen LogP contribution in [0.3, 0.4) is 0 Å². The summed E-state index contributed by atoms with van der Waals surface area (Å²) >= 11 is 3.51. The van der Waals surface area contributed by atoms with Crippen LogP contribution in [0.25, 0.3) is 0 Å². The molecular formula is C13H17BrN2O. The van der Waals surface area contributed by atoms with Gasteiger partial charge in [0.25, 0.3) is 0 Å². The first kappa shape index (κ1) is 12.4. The Kier molecular flexibility index (Phi) is 3.43. The molecule has 3 nitrogen and oxygen atoms in total. The lowest BCUT2D eigenvalue weighted by Gasteiger charge is -2.22. The maximum atomic E-state index is 12.1. The number of amides is 2. The lowest BCUT2D eigenvalue weighted by molar-refractivity contribution is 0.229. The van der Waals surface area contributed by atoms with E-state index in [9.17, 15) is 4.79 Å². The number of anilines is 1. The zero-order valence-electron chi connectivity index (χ0n) is 10.5. The molecule has 0 N–H and O–H groups in total. The monoisotopic (exact) mass is 296 g/mol. The second-order valence-electron chi connectivity index (χ2n) is 4.44. The van der Waals surface area contributed by atoms with E-state index in [2.05, 4.69) is 41.9 Å². The van der Waals surface area contributed by atoms with Gasteiger partial charge in [0.2, 0.25) is 0 Å². The lowest BCUT2D eigenvalue weighted by atomic mass is 10.0. The Morgan fingerprint density at radius 2 is 2.06 bits per heavy atom. The van der Waals surface area contributed by atoms with Gasteiger partial charge < -0.3 is 4.90 Å². The number of benzene rings is 1. The van der Waals surface area contributed by atoms with Crippen molar-refractivity contribution >= 4 is 27.6 Å². The van der Waals surface area contributed by atoms with E-state index < -0.39 is 0 Å². The standard InChI is InChI=1S/C13H17BrN2O/c1-4-10-8-11(14)7-9(2)12(10)16-6-5-15(3)13(16)17/h7-8H,4-6H2,1-3H3. The van der Waals surface area contributed by atoms with Crippen LogP contribution in [0.15, 0.2) is 16.6 Å². The van der Waals surface area contributed by atoms with E-state index in [1.807, 2.05) is 11.9 Å². The summed E-state index contributed by atoms with van der Waals surface area (Å²) in [5.41, 5.74) is 3.46. The van der Waals surface area contributed by atoms with E-state index in [0.29, 0.717) is 0 Å². The van der Waals surface area contributed by atoms with E-state index in [1.165, 1.54) is 5.56 Å². The van der Waals surface area contributed by atoms with Crippen LogP contribution in [-0.2, 0) is 6.42 Å². The van der Waals surface area contributed by atoms with Gasteiger partial charge in [-0.1, -0.05) is 22.9 Å². The van der Waals surface area contributed by atoms with Gasteiger partial charge >= 0.3 is 6.03 Å². The highest BCUT2D eigenvalue weighted by Gasteiger charge is 2.29. The van der Waals surface area contributed by atoms with E-state index in [-0.39, 0.29) is 6.03 Å². The Balaban J connectivity index is 2.48. The van der Waals surface area contributed by atoms with Crippen molar-refractivity contribution in [1.29, 1.82) is 0 Å². The Bertz CT molecular complexity index is 459. The molecule has 0 saturated carbocycles. The number of rotatable bonds is 2. The molecule has 0 aromatic heterocycles. The van der Waals surface area contributed by atoms with Crippen LogP contribution >= 0.6 is 15.9 Å². The molecule has 2 amide bonds. The van der Waals surface area contributed by atoms with Crippen molar-refractivity contribution in [3.05, 3.63) is 27.7 Å². The van der Waals surface area contributed by atoms with Crippen LogP contribution in [0.5, 0.6) is 0 Å². The molecule has 1 aliphatic heterocycles. The summed E-state index contributed by atoms with van der Waals surface area (Å²) in [6.07, 6.45) is 0.934. The van der Waals surface area contributed by atoms with Crippen LogP contribution in [0.1, 0.15) is 18.1 Å². The summed E-state index contributed by atoms with van der Waals surface area (Å²) in [4.78, 5) is 15.7. The van der Waals surface area contributed by atoms with Gasteiger partial charge in [-0.05, 0) is 36.6 Å². The fourth-order valence-corrected chi connectivity index (χ4v) is 2.94. The highest BCUT2D eigenvalue weighted by Crippen LogP contribution is 2.31. The summed E-state index contributed by atoms with van der Waals surface area (Å²) in [7, 11) is 1.85. The van der Waals surface area contributed by atoms with Gasteiger partial charge in [0.05, 0.1) is 5.69 Å². The normalized spacial score (nSPS) is 15.9. The van der Waals surface area contributed by atoms with Gasteiger partial charge in [-0.2, -0.15) is 0 Å². The van der Waals surface area contributed by atoms with Crippen LogP contribution in [0, 0.1) is 6.92 Å². The number of carbonyl (C=O) groups excluding carboxylic acids is 1. The van der Waals surface area contributed by atoms with Crippen molar-refractivity contribution in [2.75, 3.05) is 25.0 Å². The Morgan fingerprint density at radius 3 is 2.59 bits per heavy atom. The second kappa shape index (κ2) is 4.69. The summed E-state index contributed by atoms with van der Waals surface area (Å²) in [5.74, 6) is 0. The molecule has 4 heteroatoms. The molecule has 1 heterocycles. The topological polar surface area (TPSA) is 23.6 Å². The van der Waals surface area contributed by atoms with E-state index in [1.54, 1.807) is 4.90 Å². The smallest absolute Gasteiger partial charge is 0.324 e. The number of urea groups is 1. The SMILES string of the molecule is CCc1cc(Br)cc(C)c1N1CCN(C)C1=O. The largest absolute Gasteiger partial charge is 0.326 e. The molecule has 1 saturated heterocycles. The maximum Gasteiger partial charge on any atom is 0.324 e. The number of hydrogen-bond donors (Lipinski definition) is 0. The third kappa shape index (κ3) is 2.18. The quantitative estimate of drug-likeness (QED) is 0.822. The first-order valence-corrected chi connectivity index (χ1v) is 6.65. The zero-order valence-corrected chi connectivity index (χ0v) is 12.0. The molecule has 0 atom stereocenters.